The van der Waals surface area contributed by atoms with Gasteiger partial charge in [-0.05, 0) is 59.1 Å². The van der Waals surface area contributed by atoms with E-state index in [1.807, 2.05) is 11.4 Å². The van der Waals surface area contributed by atoms with Gasteiger partial charge in [-0.15, -0.1) is 11.3 Å². The molecule has 0 saturated carbocycles. The molecule has 0 N–H and O–H groups in total. The first-order valence-corrected chi connectivity index (χ1v) is 12.4. The molecule has 1 amide bonds. The minimum absolute atomic E-state index is 0.259. The molecule has 0 aliphatic carbocycles. The summed E-state index contributed by atoms with van der Waals surface area (Å²) >= 11 is 13.8. The van der Waals surface area contributed by atoms with Gasteiger partial charge in [0.15, 0.2) is 5.66 Å². The molecule has 0 radical (unpaired) electrons. The molecule has 2 aromatic carbocycles. The van der Waals surface area contributed by atoms with Crippen molar-refractivity contribution in [2.45, 2.75) is 12.1 Å². The maximum atomic E-state index is 13.8. The number of carbonyl (C=O) groups is 1. The maximum absolute atomic E-state index is 13.8. The van der Waals surface area contributed by atoms with Gasteiger partial charge < -0.3 is 9.05 Å². The second-order valence-corrected chi connectivity index (χ2v) is 10.6. The lowest BCUT2D eigenvalue weighted by Gasteiger charge is -2.32. The molecule has 0 spiro atoms. The van der Waals surface area contributed by atoms with Gasteiger partial charge in [0, 0.05) is 26.6 Å². The topological polar surface area (TPSA) is 55.8 Å². The van der Waals surface area contributed by atoms with Crippen molar-refractivity contribution >= 4 is 63.8 Å². The van der Waals surface area contributed by atoms with Gasteiger partial charge in [0.25, 0.3) is 5.91 Å². The highest BCUT2D eigenvalue weighted by Crippen LogP contribution is 2.64. The molecule has 1 atom stereocenters. The van der Waals surface area contributed by atoms with Crippen LogP contribution in [0.2, 0.25) is 10.0 Å². The van der Waals surface area contributed by atoms with E-state index in [4.69, 9.17) is 32.2 Å². The first-order chi connectivity index (χ1) is 14.4. The van der Waals surface area contributed by atoms with Crippen LogP contribution in [0, 0.1) is 0 Å². The van der Waals surface area contributed by atoms with Crippen LogP contribution in [-0.2, 0) is 18.4 Å². The van der Waals surface area contributed by atoms with Crippen molar-refractivity contribution in [1.82, 2.24) is 0 Å². The molecule has 3 aromatic rings. The summed E-state index contributed by atoms with van der Waals surface area (Å²) in [4.78, 5) is 15.1. The number of hydrogen-bond donors (Lipinski definition) is 0. The van der Waals surface area contributed by atoms with Gasteiger partial charge in [-0.2, -0.15) is 0 Å². The van der Waals surface area contributed by atoms with Gasteiger partial charge in [0.1, 0.15) is 0 Å². The quantitative estimate of drug-likeness (QED) is 0.366. The van der Waals surface area contributed by atoms with Crippen molar-refractivity contribution in [3.05, 3.63) is 76.2 Å². The Balaban J connectivity index is 1.86. The number of halogens is 2. The van der Waals surface area contributed by atoms with Gasteiger partial charge in [-0.3, -0.25) is 14.3 Å². The monoisotopic (exact) mass is 481 g/mol. The lowest BCUT2D eigenvalue weighted by Crippen LogP contribution is -2.32. The van der Waals surface area contributed by atoms with Gasteiger partial charge in [-0.1, -0.05) is 35.8 Å². The van der Waals surface area contributed by atoms with Crippen molar-refractivity contribution in [3.8, 4) is 0 Å². The van der Waals surface area contributed by atoms with Gasteiger partial charge in [0.2, 0.25) is 0 Å². The fourth-order valence-electron chi connectivity index (χ4n) is 3.38. The summed E-state index contributed by atoms with van der Waals surface area (Å²) in [6, 6.07) is 12.2. The predicted molar refractivity (Wildman–Crippen MR) is 123 cm³/mol. The minimum Gasteiger partial charge on any atom is -0.308 e. The highest BCUT2D eigenvalue weighted by molar-refractivity contribution is 7.55. The third-order valence-corrected chi connectivity index (χ3v) is 8.42. The average Bonchev–Trinajstić information content (AvgIpc) is 3.12. The first kappa shape index (κ1) is 21.6. The van der Waals surface area contributed by atoms with Crippen LogP contribution in [-0.4, -0.2) is 19.1 Å². The molecule has 0 bridgehead atoms. The standard InChI is InChI=1S/C21H18Cl2NO4PS/c1-2-24(16-6-3-5-14(22)11-16)21(25)20(29(26)27-9-4-10-28-29)18-13-30-19-8-7-15(23)12-17(18)19/h2-3,5-8,11-13,20H,1,4,9-10H2. The lowest BCUT2D eigenvalue weighted by atomic mass is 10.1. The van der Waals surface area contributed by atoms with Crippen LogP contribution in [0.15, 0.2) is 60.6 Å². The second kappa shape index (κ2) is 8.83. The summed E-state index contributed by atoms with van der Waals surface area (Å²) < 4.78 is 25.9. The number of rotatable bonds is 5. The lowest BCUT2D eigenvalue weighted by molar-refractivity contribution is -0.118. The van der Waals surface area contributed by atoms with Crippen molar-refractivity contribution in [3.63, 3.8) is 0 Å². The van der Waals surface area contributed by atoms with E-state index in [9.17, 15) is 9.36 Å². The van der Waals surface area contributed by atoms with Crippen LogP contribution >= 0.6 is 42.1 Å². The number of anilines is 1. The summed E-state index contributed by atoms with van der Waals surface area (Å²) in [6.45, 7) is 4.29. The largest absolute Gasteiger partial charge is 0.347 e. The van der Waals surface area contributed by atoms with Crippen LogP contribution in [0.1, 0.15) is 17.6 Å². The van der Waals surface area contributed by atoms with E-state index < -0.39 is 19.2 Å². The fourth-order valence-corrected chi connectivity index (χ4v) is 6.89. The molecule has 1 aliphatic rings. The van der Waals surface area contributed by atoms with E-state index in [-0.39, 0.29) is 13.2 Å². The van der Waals surface area contributed by atoms with Crippen LogP contribution in [0.3, 0.4) is 0 Å². The average molecular weight is 482 g/mol. The highest BCUT2D eigenvalue weighted by atomic mass is 35.5. The van der Waals surface area contributed by atoms with Crippen LogP contribution < -0.4 is 4.90 Å². The Morgan fingerprint density at radius 2 is 1.90 bits per heavy atom. The minimum atomic E-state index is -3.80. The molecule has 5 nitrogen and oxygen atoms in total. The molecular formula is C21H18Cl2NO4PS. The zero-order chi connectivity index (χ0) is 21.3. The number of hydrogen-bond acceptors (Lipinski definition) is 5. The van der Waals surface area contributed by atoms with Crippen molar-refractivity contribution < 1.29 is 18.4 Å². The third kappa shape index (κ3) is 4.09. The summed E-state index contributed by atoms with van der Waals surface area (Å²) in [7, 11) is -3.80. The van der Waals surface area contributed by atoms with Crippen molar-refractivity contribution in [1.29, 1.82) is 0 Å². The fraction of sp³-hybridized carbons (Fsp3) is 0.190. The second-order valence-electron chi connectivity index (χ2n) is 6.66. The van der Waals surface area contributed by atoms with Crippen LogP contribution in [0.5, 0.6) is 0 Å². The van der Waals surface area contributed by atoms with Gasteiger partial charge in [0.05, 0.1) is 13.2 Å². The molecule has 1 aliphatic heterocycles. The summed E-state index contributed by atoms with van der Waals surface area (Å²) in [5.41, 5.74) is -0.0997. The third-order valence-electron chi connectivity index (χ3n) is 4.75. The van der Waals surface area contributed by atoms with Gasteiger partial charge in [-0.25, -0.2) is 0 Å². The number of fused-ring (bicyclic) bond motifs is 1. The summed E-state index contributed by atoms with van der Waals surface area (Å²) in [5, 5.41) is 3.54. The van der Waals surface area contributed by atoms with E-state index in [0.29, 0.717) is 27.7 Å². The Morgan fingerprint density at radius 1 is 1.17 bits per heavy atom. The predicted octanol–water partition coefficient (Wildman–Crippen LogP) is 7.06. The van der Waals surface area contributed by atoms with Crippen LogP contribution in [0.25, 0.3) is 10.1 Å². The molecule has 1 unspecified atom stereocenters. The zero-order valence-corrected chi connectivity index (χ0v) is 19.0. The van der Waals surface area contributed by atoms with Crippen molar-refractivity contribution in [2.75, 3.05) is 18.1 Å². The zero-order valence-electron chi connectivity index (χ0n) is 15.8. The van der Waals surface area contributed by atoms with E-state index in [1.165, 1.54) is 22.4 Å². The summed E-state index contributed by atoms with van der Waals surface area (Å²) in [5.74, 6) is -0.475. The highest BCUT2D eigenvalue weighted by Gasteiger charge is 2.47. The SMILES string of the molecule is C=CN(C(=O)C(c1csc2ccc(Cl)cc12)P1(=O)OCCCO1)c1cccc(Cl)c1. The molecule has 156 valence electrons. The molecule has 4 rings (SSSR count). The first-order valence-electron chi connectivity index (χ1n) is 9.19. The van der Waals surface area contributed by atoms with Crippen LogP contribution in [0.4, 0.5) is 5.69 Å². The Hall–Kier alpha value is -1.66. The normalized spacial score (nSPS) is 16.9. The van der Waals surface area contributed by atoms with E-state index >= 15 is 0 Å². The molecule has 30 heavy (non-hydrogen) atoms. The maximum Gasteiger partial charge on any atom is 0.347 e. The molecular weight excluding hydrogens is 464 g/mol. The Kier molecular flexibility index (Phi) is 6.35. The van der Waals surface area contributed by atoms with E-state index in [0.717, 1.165) is 10.1 Å². The van der Waals surface area contributed by atoms with Crippen molar-refractivity contribution in [2.24, 2.45) is 0 Å². The Bertz CT molecular complexity index is 1150. The van der Waals surface area contributed by atoms with Gasteiger partial charge >= 0.3 is 7.60 Å². The summed E-state index contributed by atoms with van der Waals surface area (Å²) in [6.07, 6.45) is 1.99. The number of thiophene rings is 1. The number of amides is 1. The molecule has 9 heteroatoms. The number of benzene rings is 2. The number of carbonyl (C=O) groups excluding carboxylic acids is 1. The van der Waals surface area contributed by atoms with E-state index in [1.54, 1.807) is 36.4 Å². The molecule has 1 saturated heterocycles. The smallest absolute Gasteiger partial charge is 0.308 e. The number of nitrogens with zero attached hydrogens (tertiary/aromatic N) is 1. The molecule has 1 aromatic heterocycles. The van der Waals surface area contributed by atoms with E-state index in [2.05, 4.69) is 6.58 Å². The Labute approximate surface area is 188 Å². The molecule has 2 heterocycles. The Morgan fingerprint density at radius 3 is 2.60 bits per heavy atom. The molecule has 1 fully saturated rings.